The number of rotatable bonds is 4. The minimum atomic E-state index is -0.501. The zero-order valence-corrected chi connectivity index (χ0v) is 15.1. The van der Waals surface area contributed by atoms with Crippen LogP contribution in [0, 0.1) is 5.92 Å². The summed E-state index contributed by atoms with van der Waals surface area (Å²) in [6.45, 7) is 6.17. The van der Waals surface area contributed by atoms with E-state index in [1.54, 1.807) is 16.2 Å². The number of ether oxygens (including phenoxy) is 1. The van der Waals surface area contributed by atoms with E-state index in [0.717, 1.165) is 12.8 Å². The smallest absolute Gasteiger partial charge is 0.407 e. The van der Waals surface area contributed by atoms with E-state index < -0.39 is 11.7 Å². The highest BCUT2D eigenvalue weighted by atomic mass is 32.1. The highest BCUT2D eigenvalue weighted by Crippen LogP contribution is 2.28. The summed E-state index contributed by atoms with van der Waals surface area (Å²) in [6, 6.07) is 4.05. The number of carbonyl (C=O) groups excluding carboxylic acids is 2. The molecule has 2 rings (SSSR count). The number of carbonyl (C=O) groups is 2. The maximum absolute atomic E-state index is 12.5. The average molecular weight is 338 g/mol. The number of thiophene rings is 1. The van der Waals surface area contributed by atoms with Crippen LogP contribution in [0.25, 0.3) is 0 Å². The lowest BCUT2D eigenvalue weighted by Crippen LogP contribution is -2.38. The van der Waals surface area contributed by atoms with E-state index in [-0.39, 0.29) is 17.9 Å². The van der Waals surface area contributed by atoms with Crippen LogP contribution in [0.4, 0.5) is 4.79 Å². The van der Waals surface area contributed by atoms with Gasteiger partial charge in [-0.25, -0.2) is 4.79 Å². The molecule has 1 aromatic heterocycles. The van der Waals surface area contributed by atoms with Crippen molar-refractivity contribution in [3.05, 3.63) is 22.4 Å². The molecule has 1 aliphatic carbocycles. The molecular weight excluding hydrogens is 312 g/mol. The number of hydrogen-bond donors (Lipinski definition) is 1. The van der Waals surface area contributed by atoms with Crippen LogP contribution in [0.1, 0.15) is 44.9 Å². The van der Waals surface area contributed by atoms with Gasteiger partial charge in [-0.1, -0.05) is 6.07 Å². The van der Waals surface area contributed by atoms with Gasteiger partial charge >= 0.3 is 6.09 Å². The van der Waals surface area contributed by atoms with Crippen molar-refractivity contribution in [1.82, 2.24) is 10.2 Å². The van der Waals surface area contributed by atoms with Gasteiger partial charge in [0.2, 0.25) is 5.91 Å². The van der Waals surface area contributed by atoms with Crippen molar-refractivity contribution in [2.45, 2.75) is 58.2 Å². The Morgan fingerprint density at radius 1 is 1.39 bits per heavy atom. The summed E-state index contributed by atoms with van der Waals surface area (Å²) in [5.74, 6) is 0.145. The number of nitrogens with zero attached hydrogens (tertiary/aromatic N) is 1. The van der Waals surface area contributed by atoms with Gasteiger partial charge in [-0.3, -0.25) is 4.79 Å². The van der Waals surface area contributed by atoms with Crippen LogP contribution in [0.2, 0.25) is 0 Å². The Balaban J connectivity index is 1.80. The van der Waals surface area contributed by atoms with E-state index >= 15 is 0 Å². The molecule has 6 heteroatoms. The molecule has 1 fully saturated rings. The summed E-state index contributed by atoms with van der Waals surface area (Å²) in [6.07, 6.45) is 1.92. The van der Waals surface area contributed by atoms with Crippen LogP contribution in [-0.4, -0.2) is 35.6 Å². The van der Waals surface area contributed by atoms with Crippen LogP contribution < -0.4 is 5.32 Å². The molecule has 0 spiro atoms. The first-order valence-electron chi connectivity index (χ1n) is 8.01. The summed E-state index contributed by atoms with van der Waals surface area (Å²) < 4.78 is 5.27. The molecule has 128 valence electrons. The Kier molecular flexibility index (Phi) is 5.68. The van der Waals surface area contributed by atoms with Crippen LogP contribution in [-0.2, 0) is 16.1 Å². The molecule has 5 nitrogen and oxygen atoms in total. The van der Waals surface area contributed by atoms with E-state index in [9.17, 15) is 9.59 Å². The molecule has 0 saturated heterocycles. The van der Waals surface area contributed by atoms with Gasteiger partial charge < -0.3 is 15.0 Å². The predicted octanol–water partition coefficient (Wildman–Crippen LogP) is 3.40. The Hall–Kier alpha value is -1.56. The standard InChI is InChI=1S/C17H26N2O3S/c1-17(2,3)22-16(21)18-13-8-7-12(10-13)15(20)19(4)11-14-6-5-9-23-14/h5-6,9,12-13H,7-8,10-11H2,1-4H3,(H,18,21). The molecule has 0 aliphatic heterocycles. The van der Waals surface area contributed by atoms with Crippen LogP contribution >= 0.6 is 11.3 Å². The Morgan fingerprint density at radius 2 is 2.13 bits per heavy atom. The molecule has 1 saturated carbocycles. The second kappa shape index (κ2) is 7.34. The third-order valence-electron chi connectivity index (χ3n) is 3.85. The first-order chi connectivity index (χ1) is 10.7. The lowest BCUT2D eigenvalue weighted by atomic mass is 10.1. The molecule has 0 radical (unpaired) electrons. The Labute approximate surface area is 142 Å². The minimum Gasteiger partial charge on any atom is -0.444 e. The van der Waals surface area contributed by atoms with Gasteiger partial charge in [0.25, 0.3) is 0 Å². The largest absolute Gasteiger partial charge is 0.444 e. The number of alkyl carbamates (subject to hydrolysis) is 1. The lowest BCUT2D eigenvalue weighted by molar-refractivity contribution is -0.134. The van der Waals surface area contributed by atoms with Gasteiger partial charge in [0.1, 0.15) is 5.60 Å². The van der Waals surface area contributed by atoms with Gasteiger partial charge in [0, 0.05) is 23.9 Å². The van der Waals surface area contributed by atoms with Gasteiger partial charge in [-0.05, 0) is 51.5 Å². The summed E-state index contributed by atoms with van der Waals surface area (Å²) in [5, 5.41) is 4.89. The van der Waals surface area contributed by atoms with Crippen molar-refractivity contribution in [1.29, 1.82) is 0 Å². The highest BCUT2D eigenvalue weighted by Gasteiger charge is 2.33. The maximum atomic E-state index is 12.5. The zero-order valence-electron chi connectivity index (χ0n) is 14.3. The minimum absolute atomic E-state index is 0.0140. The van der Waals surface area contributed by atoms with Gasteiger partial charge in [0.15, 0.2) is 0 Å². The monoisotopic (exact) mass is 338 g/mol. The summed E-state index contributed by atoms with van der Waals surface area (Å²) >= 11 is 1.66. The molecule has 0 bridgehead atoms. The summed E-state index contributed by atoms with van der Waals surface area (Å²) in [4.78, 5) is 27.3. The van der Waals surface area contributed by atoms with Crippen molar-refractivity contribution < 1.29 is 14.3 Å². The number of amides is 2. The highest BCUT2D eigenvalue weighted by molar-refractivity contribution is 7.09. The van der Waals surface area contributed by atoms with E-state index in [0.29, 0.717) is 13.0 Å². The summed E-state index contributed by atoms with van der Waals surface area (Å²) in [5.41, 5.74) is -0.501. The summed E-state index contributed by atoms with van der Waals surface area (Å²) in [7, 11) is 1.84. The van der Waals surface area contributed by atoms with Crippen molar-refractivity contribution in [3.63, 3.8) is 0 Å². The van der Waals surface area contributed by atoms with Gasteiger partial charge in [0.05, 0.1) is 6.54 Å². The van der Waals surface area contributed by atoms with E-state index in [1.165, 1.54) is 4.88 Å². The first-order valence-corrected chi connectivity index (χ1v) is 8.89. The Bertz CT molecular complexity index is 537. The van der Waals surface area contributed by atoms with Crippen LogP contribution in [0.5, 0.6) is 0 Å². The van der Waals surface area contributed by atoms with Gasteiger partial charge in [-0.15, -0.1) is 11.3 Å². The normalized spacial score (nSPS) is 21.0. The maximum Gasteiger partial charge on any atom is 0.407 e. The predicted molar refractivity (Wildman–Crippen MR) is 91.3 cm³/mol. The molecule has 1 aromatic rings. The number of hydrogen-bond acceptors (Lipinski definition) is 4. The molecular formula is C17H26N2O3S. The molecule has 2 atom stereocenters. The van der Waals surface area contributed by atoms with Crippen molar-refractivity contribution in [2.24, 2.45) is 5.92 Å². The van der Waals surface area contributed by atoms with Crippen molar-refractivity contribution in [3.8, 4) is 0 Å². The second-order valence-electron chi connectivity index (χ2n) is 7.13. The quantitative estimate of drug-likeness (QED) is 0.915. The lowest BCUT2D eigenvalue weighted by Gasteiger charge is -2.22. The molecule has 2 unspecified atom stereocenters. The topological polar surface area (TPSA) is 58.6 Å². The third-order valence-corrected chi connectivity index (χ3v) is 4.71. The Morgan fingerprint density at radius 3 is 2.74 bits per heavy atom. The molecule has 23 heavy (non-hydrogen) atoms. The average Bonchev–Trinajstić information content (AvgIpc) is 3.07. The first kappa shape index (κ1) is 17.8. The molecule has 1 aliphatic rings. The van der Waals surface area contributed by atoms with E-state index in [2.05, 4.69) is 5.32 Å². The molecule has 1 N–H and O–H groups in total. The molecule has 2 amide bonds. The van der Waals surface area contributed by atoms with Crippen molar-refractivity contribution in [2.75, 3.05) is 7.05 Å². The van der Waals surface area contributed by atoms with E-state index in [1.807, 2.05) is 45.3 Å². The van der Waals surface area contributed by atoms with E-state index in [4.69, 9.17) is 4.74 Å². The molecule has 1 heterocycles. The van der Waals surface area contributed by atoms with Crippen LogP contribution in [0.3, 0.4) is 0 Å². The zero-order chi connectivity index (χ0) is 17.0. The molecule has 0 aromatic carbocycles. The fourth-order valence-electron chi connectivity index (χ4n) is 2.84. The second-order valence-corrected chi connectivity index (χ2v) is 8.16. The van der Waals surface area contributed by atoms with Crippen LogP contribution in [0.15, 0.2) is 17.5 Å². The SMILES string of the molecule is CN(Cc1cccs1)C(=O)C1CCC(NC(=O)OC(C)(C)C)C1. The third kappa shape index (κ3) is 5.53. The van der Waals surface area contributed by atoms with Crippen molar-refractivity contribution >= 4 is 23.3 Å². The number of nitrogens with one attached hydrogen (secondary N) is 1. The fraction of sp³-hybridized carbons (Fsp3) is 0.647. The fourth-order valence-corrected chi connectivity index (χ4v) is 3.59. The van der Waals surface area contributed by atoms with Gasteiger partial charge in [-0.2, -0.15) is 0 Å².